The molecule has 146 valence electrons. The van der Waals surface area contributed by atoms with Gasteiger partial charge in [0.15, 0.2) is 16.7 Å². The van der Waals surface area contributed by atoms with E-state index in [1.807, 2.05) is 0 Å². The summed E-state index contributed by atoms with van der Waals surface area (Å²) in [6, 6.07) is 9.48. The Bertz CT molecular complexity index is 971. The molecule has 2 aromatic rings. The lowest BCUT2D eigenvalue weighted by Gasteiger charge is -2.09. The number of alkyl halides is 3. The zero-order valence-corrected chi connectivity index (χ0v) is 15.4. The van der Waals surface area contributed by atoms with E-state index in [-0.39, 0.29) is 27.3 Å². The number of nitrogens with zero attached hydrogens (tertiary/aromatic N) is 1. The second-order valence-electron chi connectivity index (χ2n) is 5.66. The number of thioether (sulfide) groups is 1. The van der Waals surface area contributed by atoms with E-state index in [0.717, 1.165) is 17.8 Å². The largest absolute Gasteiger partial charge is 0.504 e. The molecule has 1 saturated heterocycles. The number of amides is 1. The molecule has 1 aliphatic rings. The molecule has 0 radical (unpaired) electrons. The van der Waals surface area contributed by atoms with Crippen LogP contribution in [0.2, 0.25) is 0 Å². The number of phenolic OH excluding ortho intramolecular Hbond substituents is 1. The van der Waals surface area contributed by atoms with Crippen LogP contribution in [0.5, 0.6) is 11.5 Å². The lowest BCUT2D eigenvalue weighted by atomic mass is 10.2. The second-order valence-corrected chi connectivity index (χ2v) is 6.69. The molecule has 0 spiro atoms. The van der Waals surface area contributed by atoms with Gasteiger partial charge in [0.2, 0.25) is 0 Å². The Morgan fingerprint density at radius 1 is 1.25 bits per heavy atom. The van der Waals surface area contributed by atoms with Crippen molar-refractivity contribution >= 4 is 34.6 Å². The van der Waals surface area contributed by atoms with Gasteiger partial charge < -0.3 is 15.2 Å². The Morgan fingerprint density at radius 3 is 2.71 bits per heavy atom. The fourth-order valence-electron chi connectivity index (χ4n) is 2.44. The highest BCUT2D eigenvalue weighted by Gasteiger charge is 2.34. The van der Waals surface area contributed by atoms with Crippen LogP contribution >= 0.6 is 11.8 Å². The van der Waals surface area contributed by atoms with Crippen molar-refractivity contribution in [3.05, 3.63) is 58.5 Å². The molecule has 2 N–H and O–H groups in total. The number of para-hydroxylation sites is 1. The molecule has 5 nitrogen and oxygen atoms in total. The lowest BCUT2D eigenvalue weighted by Crippen LogP contribution is -2.19. The van der Waals surface area contributed by atoms with Gasteiger partial charge in [-0.05, 0) is 54.6 Å². The van der Waals surface area contributed by atoms with Gasteiger partial charge in [0.25, 0.3) is 5.91 Å². The number of amidine groups is 1. The van der Waals surface area contributed by atoms with E-state index < -0.39 is 17.6 Å². The summed E-state index contributed by atoms with van der Waals surface area (Å²) >= 11 is 0.931. The van der Waals surface area contributed by atoms with Gasteiger partial charge in [-0.15, -0.1) is 0 Å². The summed E-state index contributed by atoms with van der Waals surface area (Å²) in [5.41, 5.74) is -0.562. The molecule has 0 aromatic heterocycles. The first-order chi connectivity index (χ1) is 13.3. The summed E-state index contributed by atoms with van der Waals surface area (Å²) in [5, 5.41) is 12.2. The first kappa shape index (κ1) is 19.8. The minimum atomic E-state index is -4.55. The van der Waals surface area contributed by atoms with Crippen molar-refractivity contribution in [1.82, 2.24) is 5.32 Å². The molecule has 1 fully saturated rings. The van der Waals surface area contributed by atoms with E-state index in [2.05, 4.69) is 10.3 Å². The summed E-state index contributed by atoms with van der Waals surface area (Å²) in [6.07, 6.45) is -3.01. The number of halogens is 3. The molecule has 1 heterocycles. The molecule has 3 rings (SSSR count). The zero-order chi connectivity index (χ0) is 20.3. The van der Waals surface area contributed by atoms with Crippen LogP contribution in [0.15, 0.2) is 52.4 Å². The fraction of sp³-hybridized carbons (Fsp3) is 0.158. The Labute approximate surface area is 162 Å². The molecular weight excluding hydrogens is 393 g/mol. The average molecular weight is 408 g/mol. The number of carbonyl (C=O) groups is 1. The maximum Gasteiger partial charge on any atom is 0.418 e. The highest BCUT2D eigenvalue weighted by molar-refractivity contribution is 8.18. The van der Waals surface area contributed by atoms with E-state index in [1.165, 1.54) is 24.3 Å². The maximum absolute atomic E-state index is 13.1. The summed E-state index contributed by atoms with van der Waals surface area (Å²) < 4.78 is 44.6. The van der Waals surface area contributed by atoms with E-state index in [4.69, 9.17) is 4.74 Å². The lowest BCUT2D eigenvalue weighted by molar-refractivity contribution is -0.137. The highest BCUT2D eigenvalue weighted by Crippen LogP contribution is 2.37. The molecule has 1 amide bonds. The van der Waals surface area contributed by atoms with Crippen molar-refractivity contribution in [2.75, 3.05) is 6.61 Å². The minimum absolute atomic E-state index is 0.0291. The zero-order valence-electron chi connectivity index (χ0n) is 14.6. The van der Waals surface area contributed by atoms with Crippen LogP contribution in [0.3, 0.4) is 0 Å². The normalized spacial score (nSPS) is 17.2. The maximum atomic E-state index is 13.1. The van der Waals surface area contributed by atoms with Gasteiger partial charge in [0, 0.05) is 0 Å². The molecule has 0 unspecified atom stereocenters. The molecule has 9 heteroatoms. The number of hydrogen-bond donors (Lipinski definition) is 2. The van der Waals surface area contributed by atoms with Crippen LogP contribution in [0, 0.1) is 0 Å². The smallest absolute Gasteiger partial charge is 0.418 e. The molecular formula is C19H15F3N2O3S. The fourth-order valence-corrected chi connectivity index (χ4v) is 3.28. The predicted molar refractivity (Wildman–Crippen MR) is 102 cm³/mol. The molecule has 0 saturated carbocycles. The number of aromatic hydroxyl groups is 1. The van der Waals surface area contributed by atoms with Gasteiger partial charge in [-0.3, -0.25) is 4.79 Å². The average Bonchev–Trinajstić information content (AvgIpc) is 2.96. The molecule has 2 aromatic carbocycles. The third-order valence-electron chi connectivity index (χ3n) is 3.66. The van der Waals surface area contributed by atoms with Crippen LogP contribution in [-0.2, 0) is 11.0 Å². The standard InChI is InChI=1S/C19H15F3N2O3S/c1-2-27-15-9-11(7-8-14(15)25)10-16-17(26)24-18(28-16)23-13-6-4-3-5-12(13)19(20,21)22/h3-10,25H,2H2,1H3,(H,23,24,26). The molecule has 28 heavy (non-hydrogen) atoms. The van der Waals surface area contributed by atoms with Crippen molar-refractivity contribution < 1.29 is 27.8 Å². The van der Waals surface area contributed by atoms with Gasteiger partial charge in [-0.25, -0.2) is 4.99 Å². The Balaban J connectivity index is 1.88. The Kier molecular flexibility index (Phi) is 5.64. The van der Waals surface area contributed by atoms with Gasteiger partial charge in [-0.2, -0.15) is 13.2 Å². The summed E-state index contributed by atoms with van der Waals surface area (Å²) in [7, 11) is 0. The third kappa shape index (κ3) is 4.48. The van der Waals surface area contributed by atoms with Gasteiger partial charge in [0.05, 0.1) is 22.8 Å². The first-order valence-corrected chi connectivity index (χ1v) is 9.01. The summed E-state index contributed by atoms with van der Waals surface area (Å²) in [4.78, 5) is 16.4. The molecule has 0 atom stereocenters. The Hall–Kier alpha value is -2.94. The van der Waals surface area contributed by atoms with E-state index in [0.29, 0.717) is 12.2 Å². The van der Waals surface area contributed by atoms with E-state index in [1.54, 1.807) is 25.1 Å². The molecule has 1 aliphatic heterocycles. The molecule has 0 aliphatic carbocycles. The van der Waals surface area contributed by atoms with Crippen molar-refractivity contribution in [1.29, 1.82) is 0 Å². The van der Waals surface area contributed by atoms with Crippen molar-refractivity contribution in [2.45, 2.75) is 13.1 Å². The monoisotopic (exact) mass is 408 g/mol. The van der Waals surface area contributed by atoms with Crippen molar-refractivity contribution in [3.8, 4) is 11.5 Å². The van der Waals surface area contributed by atoms with E-state index in [9.17, 15) is 23.1 Å². The third-order valence-corrected chi connectivity index (χ3v) is 4.57. The van der Waals surface area contributed by atoms with Crippen LogP contribution < -0.4 is 10.1 Å². The number of ether oxygens (including phenoxy) is 1. The van der Waals surface area contributed by atoms with Crippen molar-refractivity contribution in [2.24, 2.45) is 4.99 Å². The van der Waals surface area contributed by atoms with Gasteiger partial charge in [-0.1, -0.05) is 18.2 Å². The van der Waals surface area contributed by atoms with Crippen molar-refractivity contribution in [3.63, 3.8) is 0 Å². The van der Waals surface area contributed by atoms with Crippen LogP contribution in [0.1, 0.15) is 18.1 Å². The predicted octanol–water partition coefficient (Wildman–Crippen LogP) is 4.70. The number of carbonyl (C=O) groups excluding carboxylic acids is 1. The summed E-state index contributed by atoms with van der Waals surface area (Å²) in [6.45, 7) is 2.13. The van der Waals surface area contributed by atoms with Gasteiger partial charge >= 0.3 is 6.18 Å². The Morgan fingerprint density at radius 2 is 2.00 bits per heavy atom. The number of phenols is 1. The number of hydrogen-bond acceptors (Lipinski definition) is 5. The molecule has 0 bridgehead atoms. The van der Waals surface area contributed by atoms with Gasteiger partial charge in [0.1, 0.15) is 0 Å². The number of aliphatic imine (C=N–C) groups is 1. The van der Waals surface area contributed by atoms with Crippen LogP contribution in [0.4, 0.5) is 18.9 Å². The summed E-state index contributed by atoms with van der Waals surface area (Å²) in [5.74, 6) is -0.230. The quantitative estimate of drug-likeness (QED) is 0.720. The number of rotatable bonds is 4. The van der Waals surface area contributed by atoms with Crippen LogP contribution in [0.25, 0.3) is 6.08 Å². The second kappa shape index (κ2) is 7.97. The number of benzene rings is 2. The minimum Gasteiger partial charge on any atom is -0.504 e. The van der Waals surface area contributed by atoms with Crippen LogP contribution in [-0.4, -0.2) is 22.8 Å². The highest BCUT2D eigenvalue weighted by atomic mass is 32.2. The SMILES string of the molecule is CCOc1cc(C=C2SC(=Nc3ccccc3C(F)(F)F)NC2=O)ccc1O. The van der Waals surface area contributed by atoms with E-state index >= 15 is 0 Å². The topological polar surface area (TPSA) is 70.9 Å². The first-order valence-electron chi connectivity index (χ1n) is 8.19. The number of nitrogens with one attached hydrogen (secondary N) is 1.